The smallest absolute Gasteiger partial charge is 0.305 e. The molecule has 1 saturated heterocycles. The number of carbonyl (C=O) groups is 1. The minimum Gasteiger partial charge on any atom is -0.482 e. The summed E-state index contributed by atoms with van der Waals surface area (Å²) in [5, 5.41) is 8.38. The molecule has 39 heavy (non-hydrogen) atoms. The van der Waals surface area contributed by atoms with Crippen LogP contribution in [0.1, 0.15) is 44.5 Å². The molecule has 0 N–H and O–H groups in total. The molecule has 0 aromatic carbocycles. The summed E-state index contributed by atoms with van der Waals surface area (Å²) in [5.41, 5.74) is 2.62. The van der Waals surface area contributed by atoms with Gasteiger partial charge in [0, 0.05) is 38.8 Å². The minimum absolute atomic E-state index is 0.0443. The molecular weight excluding hydrogens is 510 g/mol. The average molecular weight is 545 g/mol. The standard InChI is InChI=1S/C27H34F2N6O4/c1-5-10-34-11-9-23(36)24(15-34)39-16-22-26(31-32-33(22)3)20-7-8-21(19(6-2)30-20)35-14-18(12-25(37)38-4)13-27(28,29)17-35/h7-9,11,15,18H,5-6,10,12-14,16-17H2,1-4H3. The molecule has 4 heterocycles. The molecule has 3 aromatic rings. The third kappa shape index (κ3) is 6.61. The Morgan fingerprint density at radius 3 is 2.74 bits per heavy atom. The molecule has 10 nitrogen and oxygen atoms in total. The van der Waals surface area contributed by atoms with E-state index < -0.39 is 24.4 Å². The number of anilines is 1. The summed E-state index contributed by atoms with van der Waals surface area (Å²) in [4.78, 5) is 30.4. The highest BCUT2D eigenvalue weighted by Crippen LogP contribution is 2.36. The van der Waals surface area contributed by atoms with Crippen LogP contribution in [0.3, 0.4) is 0 Å². The van der Waals surface area contributed by atoms with Crippen molar-refractivity contribution in [2.75, 3.05) is 25.1 Å². The van der Waals surface area contributed by atoms with Crippen LogP contribution in [-0.4, -0.2) is 56.6 Å². The second-order valence-corrected chi connectivity index (χ2v) is 9.81. The summed E-state index contributed by atoms with van der Waals surface area (Å²) in [6.07, 6.45) is 4.40. The number of methoxy groups -OCH3 is 1. The molecule has 4 rings (SSSR count). The maximum atomic E-state index is 14.6. The number of nitrogens with zero attached hydrogens (tertiary/aromatic N) is 6. The lowest BCUT2D eigenvalue weighted by molar-refractivity contribution is -0.142. The normalized spacial score (nSPS) is 16.8. The van der Waals surface area contributed by atoms with Crippen molar-refractivity contribution in [3.05, 3.63) is 52.2 Å². The highest BCUT2D eigenvalue weighted by molar-refractivity contribution is 5.70. The van der Waals surface area contributed by atoms with E-state index in [0.717, 1.165) is 13.0 Å². The molecule has 0 aliphatic carbocycles. The molecule has 1 fully saturated rings. The van der Waals surface area contributed by atoms with Crippen LogP contribution >= 0.6 is 0 Å². The van der Waals surface area contributed by atoms with Gasteiger partial charge in [-0.25, -0.2) is 18.4 Å². The average Bonchev–Trinajstić information content (AvgIpc) is 3.27. The molecule has 0 radical (unpaired) electrons. The second-order valence-electron chi connectivity index (χ2n) is 9.81. The second kappa shape index (κ2) is 11.9. The zero-order valence-electron chi connectivity index (χ0n) is 22.7. The third-order valence-electron chi connectivity index (χ3n) is 6.77. The summed E-state index contributed by atoms with van der Waals surface area (Å²) in [7, 11) is 2.98. The van der Waals surface area contributed by atoms with Crippen LogP contribution in [0.5, 0.6) is 5.75 Å². The number of pyridine rings is 2. The van der Waals surface area contributed by atoms with Gasteiger partial charge in [-0.05, 0) is 30.9 Å². The van der Waals surface area contributed by atoms with Crippen molar-refractivity contribution in [2.24, 2.45) is 13.0 Å². The highest BCUT2D eigenvalue weighted by atomic mass is 19.3. The number of aromatic nitrogens is 5. The van der Waals surface area contributed by atoms with Crippen molar-refractivity contribution >= 4 is 11.7 Å². The first kappa shape index (κ1) is 28.2. The van der Waals surface area contributed by atoms with Crippen LogP contribution < -0.4 is 15.1 Å². The number of halogens is 2. The number of esters is 1. The van der Waals surface area contributed by atoms with E-state index in [1.165, 1.54) is 13.2 Å². The van der Waals surface area contributed by atoms with Gasteiger partial charge in [0.2, 0.25) is 5.43 Å². The molecule has 12 heteroatoms. The Labute approximate surface area is 225 Å². The SMILES string of the molecule is CCCn1ccc(=O)c(OCc2c(-c3ccc(N4CC(CC(=O)OC)CC(F)(F)C4)c(CC)n3)nnn2C)c1. The number of ether oxygens (including phenoxy) is 2. The van der Waals surface area contributed by atoms with Crippen molar-refractivity contribution in [3.8, 4) is 17.1 Å². The number of alkyl halides is 2. The Morgan fingerprint density at radius 2 is 2.03 bits per heavy atom. The van der Waals surface area contributed by atoms with Gasteiger partial charge in [0.25, 0.3) is 5.92 Å². The number of aryl methyl sites for hydroxylation is 3. The molecule has 1 aliphatic rings. The van der Waals surface area contributed by atoms with Gasteiger partial charge in [-0.1, -0.05) is 19.1 Å². The van der Waals surface area contributed by atoms with Crippen LogP contribution in [0.4, 0.5) is 14.5 Å². The van der Waals surface area contributed by atoms with E-state index in [1.807, 2.05) is 18.4 Å². The lowest BCUT2D eigenvalue weighted by Gasteiger charge is -2.39. The summed E-state index contributed by atoms with van der Waals surface area (Å²) in [6.45, 7) is 4.61. The van der Waals surface area contributed by atoms with Gasteiger partial charge in [0.15, 0.2) is 5.75 Å². The van der Waals surface area contributed by atoms with E-state index >= 15 is 0 Å². The Balaban J connectivity index is 1.59. The van der Waals surface area contributed by atoms with Crippen LogP contribution in [-0.2, 0) is 36.2 Å². The number of piperidine rings is 1. The Morgan fingerprint density at radius 1 is 1.23 bits per heavy atom. The van der Waals surface area contributed by atoms with E-state index in [1.54, 1.807) is 41.2 Å². The molecule has 0 bridgehead atoms. The van der Waals surface area contributed by atoms with Crippen molar-refractivity contribution in [1.82, 2.24) is 24.5 Å². The van der Waals surface area contributed by atoms with Crippen LogP contribution in [0, 0.1) is 5.92 Å². The first-order chi connectivity index (χ1) is 18.6. The largest absolute Gasteiger partial charge is 0.482 e. The molecular formula is C27H34F2N6O4. The molecule has 1 aliphatic heterocycles. The zero-order valence-corrected chi connectivity index (χ0v) is 22.7. The van der Waals surface area contributed by atoms with Crippen LogP contribution in [0.2, 0.25) is 0 Å². The lowest BCUT2D eigenvalue weighted by atomic mass is 9.91. The quantitative estimate of drug-likeness (QED) is 0.357. The first-order valence-corrected chi connectivity index (χ1v) is 13.0. The number of hydrogen-bond donors (Lipinski definition) is 0. The van der Waals surface area contributed by atoms with E-state index in [4.69, 9.17) is 14.5 Å². The van der Waals surface area contributed by atoms with Crippen molar-refractivity contribution < 1.29 is 23.0 Å². The van der Waals surface area contributed by atoms with Gasteiger partial charge in [-0.15, -0.1) is 5.10 Å². The molecule has 1 unspecified atom stereocenters. The maximum absolute atomic E-state index is 14.6. The van der Waals surface area contributed by atoms with E-state index in [-0.39, 0.29) is 30.6 Å². The zero-order chi connectivity index (χ0) is 28.2. The maximum Gasteiger partial charge on any atom is 0.305 e. The predicted octanol–water partition coefficient (Wildman–Crippen LogP) is 3.61. The van der Waals surface area contributed by atoms with Gasteiger partial charge in [-0.2, -0.15) is 0 Å². The fraction of sp³-hybridized carbons (Fsp3) is 0.519. The van der Waals surface area contributed by atoms with E-state index in [9.17, 15) is 18.4 Å². The molecule has 0 amide bonds. The Kier molecular flexibility index (Phi) is 8.61. The van der Waals surface area contributed by atoms with E-state index in [0.29, 0.717) is 41.4 Å². The van der Waals surface area contributed by atoms with Gasteiger partial charge >= 0.3 is 5.97 Å². The number of hydrogen-bond acceptors (Lipinski definition) is 8. The fourth-order valence-electron chi connectivity index (χ4n) is 4.91. The minimum atomic E-state index is -2.94. The Bertz CT molecular complexity index is 1370. The molecule has 0 spiro atoms. The summed E-state index contributed by atoms with van der Waals surface area (Å²) in [5.74, 6) is -3.75. The molecule has 3 aromatic heterocycles. The van der Waals surface area contributed by atoms with Crippen LogP contribution in [0.25, 0.3) is 11.4 Å². The summed E-state index contributed by atoms with van der Waals surface area (Å²) in [6, 6.07) is 4.96. The van der Waals surface area contributed by atoms with Gasteiger partial charge < -0.3 is 18.9 Å². The lowest BCUT2D eigenvalue weighted by Crippen LogP contribution is -2.48. The van der Waals surface area contributed by atoms with Gasteiger partial charge in [-0.3, -0.25) is 9.59 Å². The molecule has 1 atom stereocenters. The number of rotatable bonds is 10. The Hall–Kier alpha value is -3.83. The third-order valence-corrected chi connectivity index (χ3v) is 6.77. The molecule has 0 saturated carbocycles. The predicted molar refractivity (Wildman–Crippen MR) is 141 cm³/mol. The number of carbonyl (C=O) groups excluding carboxylic acids is 1. The monoisotopic (exact) mass is 544 g/mol. The van der Waals surface area contributed by atoms with Gasteiger partial charge in [0.05, 0.1) is 43.3 Å². The molecule has 210 valence electrons. The summed E-state index contributed by atoms with van der Waals surface area (Å²) >= 11 is 0. The van der Waals surface area contributed by atoms with Crippen molar-refractivity contribution in [1.29, 1.82) is 0 Å². The van der Waals surface area contributed by atoms with E-state index in [2.05, 4.69) is 10.3 Å². The first-order valence-electron chi connectivity index (χ1n) is 13.0. The van der Waals surface area contributed by atoms with Gasteiger partial charge in [0.1, 0.15) is 18.0 Å². The van der Waals surface area contributed by atoms with Crippen molar-refractivity contribution in [2.45, 2.75) is 58.6 Å². The highest BCUT2D eigenvalue weighted by Gasteiger charge is 2.41. The summed E-state index contributed by atoms with van der Waals surface area (Å²) < 4.78 is 43.3. The topological polar surface area (TPSA) is 104 Å². The van der Waals surface area contributed by atoms with Crippen molar-refractivity contribution in [3.63, 3.8) is 0 Å². The van der Waals surface area contributed by atoms with Crippen LogP contribution in [0.15, 0.2) is 35.4 Å². The fourth-order valence-corrected chi connectivity index (χ4v) is 4.91.